The third kappa shape index (κ3) is 3.31. The Morgan fingerprint density at radius 1 is 1.38 bits per heavy atom. The Kier molecular flexibility index (Phi) is 3.79. The first-order valence-electron chi connectivity index (χ1n) is 7.83. The fourth-order valence-electron chi connectivity index (χ4n) is 3.37. The number of fused-ring (bicyclic) bond motifs is 1. The molecule has 114 valence electrons. The van der Waals surface area contributed by atoms with Crippen LogP contribution in [0, 0.1) is 5.41 Å². The summed E-state index contributed by atoms with van der Waals surface area (Å²) in [7, 11) is 0. The van der Waals surface area contributed by atoms with E-state index in [0.29, 0.717) is 12.0 Å². The minimum Gasteiger partial charge on any atom is -0.477 e. The first-order valence-corrected chi connectivity index (χ1v) is 7.83. The van der Waals surface area contributed by atoms with E-state index < -0.39 is 6.10 Å². The molecule has 0 spiro atoms. The van der Waals surface area contributed by atoms with Gasteiger partial charge in [-0.05, 0) is 36.8 Å². The van der Waals surface area contributed by atoms with Crippen molar-refractivity contribution >= 4 is 11.6 Å². The van der Waals surface area contributed by atoms with Gasteiger partial charge in [-0.1, -0.05) is 32.4 Å². The second kappa shape index (κ2) is 5.58. The fourth-order valence-corrected chi connectivity index (χ4v) is 3.37. The average Bonchev–Trinajstić information content (AvgIpc) is 2.45. The number of benzene rings is 1. The molecule has 1 fully saturated rings. The van der Waals surface area contributed by atoms with E-state index in [2.05, 4.69) is 24.5 Å². The van der Waals surface area contributed by atoms with Crippen LogP contribution in [0.5, 0.6) is 5.75 Å². The molecule has 2 atom stereocenters. The normalized spacial score (nSPS) is 27.0. The molecule has 3 rings (SSSR count). The van der Waals surface area contributed by atoms with E-state index in [0.717, 1.165) is 24.3 Å². The van der Waals surface area contributed by atoms with E-state index in [1.54, 1.807) is 0 Å². The number of nitrogens with one attached hydrogen (secondary N) is 2. The van der Waals surface area contributed by atoms with E-state index in [1.165, 1.54) is 12.8 Å². The monoisotopic (exact) mass is 288 g/mol. The van der Waals surface area contributed by atoms with Crippen molar-refractivity contribution in [1.29, 1.82) is 0 Å². The van der Waals surface area contributed by atoms with Crippen LogP contribution >= 0.6 is 0 Å². The summed E-state index contributed by atoms with van der Waals surface area (Å²) in [5.41, 5.74) is 1.29. The minimum absolute atomic E-state index is 0.000275. The van der Waals surface area contributed by atoms with Gasteiger partial charge in [-0.25, -0.2) is 0 Å². The highest BCUT2D eigenvalue weighted by Crippen LogP contribution is 2.35. The van der Waals surface area contributed by atoms with Gasteiger partial charge in [0.25, 0.3) is 5.91 Å². The minimum atomic E-state index is -0.440. The van der Waals surface area contributed by atoms with Crippen LogP contribution in [0.4, 0.5) is 5.69 Å². The van der Waals surface area contributed by atoms with Crippen molar-refractivity contribution in [2.24, 2.45) is 5.41 Å². The average molecular weight is 288 g/mol. The van der Waals surface area contributed by atoms with Gasteiger partial charge in [0.1, 0.15) is 5.75 Å². The standard InChI is InChI=1S/C17H24N2O2/c1-17(2)9-5-6-12(10-17)19-16(20)15-11-18-13-7-3-4-8-14(13)21-15/h3-4,7-8,12,15,18H,5-6,9-11H2,1-2H3,(H,19,20). The first-order chi connectivity index (χ1) is 10.0. The summed E-state index contributed by atoms with van der Waals surface area (Å²) in [6.07, 6.45) is 4.12. The Balaban J connectivity index is 1.59. The van der Waals surface area contributed by atoms with Crippen molar-refractivity contribution < 1.29 is 9.53 Å². The fraction of sp³-hybridized carbons (Fsp3) is 0.588. The molecular formula is C17H24N2O2. The predicted octanol–water partition coefficient (Wildman–Crippen LogP) is 2.94. The highest BCUT2D eigenvalue weighted by Gasteiger charge is 2.32. The number of hydrogen-bond acceptors (Lipinski definition) is 3. The summed E-state index contributed by atoms with van der Waals surface area (Å²) in [6.45, 7) is 5.08. The van der Waals surface area contributed by atoms with Gasteiger partial charge < -0.3 is 15.4 Å². The highest BCUT2D eigenvalue weighted by molar-refractivity contribution is 5.83. The molecule has 4 heteroatoms. The molecule has 4 nitrogen and oxygen atoms in total. The number of carbonyl (C=O) groups is 1. The quantitative estimate of drug-likeness (QED) is 0.879. The van der Waals surface area contributed by atoms with Crippen LogP contribution in [-0.2, 0) is 4.79 Å². The molecule has 1 aliphatic heterocycles. The molecule has 2 N–H and O–H groups in total. The van der Waals surface area contributed by atoms with Gasteiger partial charge in [0.15, 0.2) is 6.10 Å². The maximum atomic E-state index is 12.4. The van der Waals surface area contributed by atoms with Crippen molar-refractivity contribution in [3.63, 3.8) is 0 Å². The van der Waals surface area contributed by atoms with E-state index in [1.807, 2.05) is 24.3 Å². The number of hydrogen-bond donors (Lipinski definition) is 2. The second-order valence-corrected chi connectivity index (χ2v) is 6.95. The van der Waals surface area contributed by atoms with Gasteiger partial charge >= 0.3 is 0 Å². The van der Waals surface area contributed by atoms with Gasteiger partial charge in [0, 0.05) is 6.04 Å². The van der Waals surface area contributed by atoms with Gasteiger partial charge in [-0.15, -0.1) is 0 Å². The lowest BCUT2D eigenvalue weighted by Gasteiger charge is -2.36. The van der Waals surface area contributed by atoms with Crippen LogP contribution in [0.15, 0.2) is 24.3 Å². The number of carbonyl (C=O) groups excluding carboxylic acids is 1. The number of rotatable bonds is 2. The van der Waals surface area contributed by atoms with Crippen LogP contribution < -0.4 is 15.4 Å². The van der Waals surface area contributed by atoms with Gasteiger partial charge in [0.2, 0.25) is 0 Å². The maximum Gasteiger partial charge on any atom is 0.263 e. The molecule has 2 unspecified atom stereocenters. The molecule has 0 bridgehead atoms. The largest absolute Gasteiger partial charge is 0.477 e. The van der Waals surface area contributed by atoms with E-state index >= 15 is 0 Å². The second-order valence-electron chi connectivity index (χ2n) is 6.95. The molecule has 0 radical (unpaired) electrons. The summed E-state index contributed by atoms with van der Waals surface area (Å²) in [5.74, 6) is 0.757. The number of amides is 1. The zero-order valence-electron chi connectivity index (χ0n) is 12.8. The van der Waals surface area contributed by atoms with Crippen molar-refractivity contribution in [3.8, 4) is 5.75 Å². The first kappa shape index (κ1) is 14.2. The third-order valence-corrected chi connectivity index (χ3v) is 4.48. The summed E-state index contributed by atoms with van der Waals surface area (Å²) >= 11 is 0. The predicted molar refractivity (Wildman–Crippen MR) is 83.5 cm³/mol. The molecular weight excluding hydrogens is 264 g/mol. The third-order valence-electron chi connectivity index (χ3n) is 4.48. The lowest BCUT2D eigenvalue weighted by Crippen LogP contribution is -2.49. The lowest BCUT2D eigenvalue weighted by molar-refractivity contribution is -0.128. The van der Waals surface area contributed by atoms with Crippen molar-refractivity contribution in [1.82, 2.24) is 5.32 Å². The Bertz CT molecular complexity index is 527. The van der Waals surface area contributed by atoms with Crippen LogP contribution in [0.3, 0.4) is 0 Å². The molecule has 0 aromatic heterocycles. The zero-order valence-corrected chi connectivity index (χ0v) is 12.8. The summed E-state index contributed by atoms with van der Waals surface area (Å²) in [4.78, 5) is 12.4. The summed E-state index contributed by atoms with van der Waals surface area (Å²) < 4.78 is 5.81. The van der Waals surface area contributed by atoms with Crippen LogP contribution in [-0.4, -0.2) is 24.6 Å². The van der Waals surface area contributed by atoms with Crippen LogP contribution in [0.1, 0.15) is 39.5 Å². The molecule has 1 aromatic carbocycles. The molecule has 1 amide bonds. The molecule has 1 saturated carbocycles. The number of anilines is 1. The van der Waals surface area contributed by atoms with Crippen molar-refractivity contribution in [2.75, 3.05) is 11.9 Å². The van der Waals surface area contributed by atoms with E-state index in [4.69, 9.17) is 4.74 Å². The van der Waals surface area contributed by atoms with Gasteiger partial charge in [-0.3, -0.25) is 4.79 Å². The zero-order chi connectivity index (χ0) is 14.9. The molecule has 1 aromatic rings. The SMILES string of the molecule is CC1(C)CCCC(NC(=O)C2CNc3ccccc3O2)C1. The molecule has 2 aliphatic rings. The van der Waals surface area contributed by atoms with Crippen molar-refractivity contribution in [3.05, 3.63) is 24.3 Å². The Labute approximate surface area is 126 Å². The maximum absolute atomic E-state index is 12.4. The van der Waals surface area contributed by atoms with Crippen LogP contribution in [0.25, 0.3) is 0 Å². The Morgan fingerprint density at radius 2 is 2.19 bits per heavy atom. The van der Waals surface area contributed by atoms with Gasteiger partial charge in [-0.2, -0.15) is 0 Å². The Morgan fingerprint density at radius 3 is 3.00 bits per heavy atom. The molecule has 1 heterocycles. The lowest BCUT2D eigenvalue weighted by atomic mass is 9.75. The van der Waals surface area contributed by atoms with Crippen molar-refractivity contribution in [2.45, 2.75) is 51.7 Å². The van der Waals surface area contributed by atoms with E-state index in [-0.39, 0.29) is 11.9 Å². The molecule has 21 heavy (non-hydrogen) atoms. The van der Waals surface area contributed by atoms with E-state index in [9.17, 15) is 4.79 Å². The van der Waals surface area contributed by atoms with Gasteiger partial charge in [0.05, 0.1) is 12.2 Å². The number of ether oxygens (including phenoxy) is 1. The summed E-state index contributed by atoms with van der Waals surface area (Å²) in [6, 6.07) is 8.02. The molecule has 1 aliphatic carbocycles. The smallest absolute Gasteiger partial charge is 0.263 e. The van der Waals surface area contributed by atoms with Crippen LogP contribution in [0.2, 0.25) is 0 Å². The summed E-state index contributed by atoms with van der Waals surface area (Å²) in [5, 5.41) is 6.43. The molecule has 0 saturated heterocycles. The Hall–Kier alpha value is -1.71. The number of para-hydroxylation sites is 2. The highest BCUT2D eigenvalue weighted by atomic mass is 16.5. The topological polar surface area (TPSA) is 50.4 Å².